The number of amides is 2. The lowest BCUT2D eigenvalue weighted by Crippen LogP contribution is -2.48. The molecule has 3 rings (SSSR count). The first-order valence-electron chi connectivity index (χ1n) is 7.49. The molecule has 2 heterocycles. The Morgan fingerprint density at radius 3 is 2.81 bits per heavy atom. The summed E-state index contributed by atoms with van der Waals surface area (Å²) in [5.41, 5.74) is 8.97. The number of likely N-dealkylation sites (tertiary alicyclic amines) is 1. The number of nitrogens with two attached hydrogens (primary N) is 1. The summed E-state index contributed by atoms with van der Waals surface area (Å²) >= 11 is 0. The molecule has 5 nitrogen and oxygen atoms in total. The smallest absolute Gasteiger partial charge is 0.245 e. The maximum Gasteiger partial charge on any atom is 0.245 e. The highest BCUT2D eigenvalue weighted by Gasteiger charge is 2.35. The van der Waals surface area contributed by atoms with Gasteiger partial charge in [0.05, 0.1) is 0 Å². The number of hydrogen-bond donors (Lipinski definition) is 1. The van der Waals surface area contributed by atoms with E-state index in [1.165, 1.54) is 5.56 Å². The summed E-state index contributed by atoms with van der Waals surface area (Å²) < 4.78 is 0. The van der Waals surface area contributed by atoms with Crippen molar-refractivity contribution in [1.29, 1.82) is 0 Å². The lowest BCUT2D eigenvalue weighted by atomic mass is 9.98. The third kappa shape index (κ3) is 2.60. The Kier molecular flexibility index (Phi) is 3.57. The third-order valence-corrected chi connectivity index (χ3v) is 4.50. The normalized spacial score (nSPS) is 21.3. The molecule has 1 saturated heterocycles. The first kappa shape index (κ1) is 13.9. The number of fused-ring (bicyclic) bond motifs is 1. The molecule has 1 aromatic carbocycles. The molecule has 0 spiro atoms. The van der Waals surface area contributed by atoms with E-state index in [1.807, 2.05) is 23.1 Å². The van der Waals surface area contributed by atoms with Gasteiger partial charge in [0.2, 0.25) is 11.8 Å². The third-order valence-electron chi connectivity index (χ3n) is 4.50. The summed E-state index contributed by atoms with van der Waals surface area (Å²) in [6.07, 6.45) is 2.53. The summed E-state index contributed by atoms with van der Waals surface area (Å²) in [5, 5.41) is 0. The van der Waals surface area contributed by atoms with Gasteiger partial charge in [-0.25, -0.2) is 0 Å². The highest BCUT2D eigenvalue weighted by atomic mass is 16.2. The number of benzene rings is 1. The van der Waals surface area contributed by atoms with E-state index in [4.69, 9.17) is 5.73 Å². The molecule has 1 atom stereocenters. The highest BCUT2D eigenvalue weighted by molar-refractivity contribution is 5.87. The topological polar surface area (TPSA) is 66.6 Å². The van der Waals surface area contributed by atoms with Crippen LogP contribution < -0.4 is 5.73 Å². The molecule has 2 aliphatic rings. The maximum absolute atomic E-state index is 12.7. The van der Waals surface area contributed by atoms with Crippen molar-refractivity contribution >= 4 is 17.5 Å². The Morgan fingerprint density at radius 1 is 1.24 bits per heavy atom. The minimum Gasteiger partial charge on any atom is -0.399 e. The van der Waals surface area contributed by atoms with Crippen LogP contribution in [-0.4, -0.2) is 40.7 Å². The van der Waals surface area contributed by atoms with E-state index < -0.39 is 0 Å². The molecule has 1 aromatic rings. The fourth-order valence-corrected chi connectivity index (χ4v) is 3.37. The first-order valence-corrected chi connectivity index (χ1v) is 7.49. The van der Waals surface area contributed by atoms with Gasteiger partial charge in [-0.3, -0.25) is 9.59 Å². The van der Waals surface area contributed by atoms with E-state index >= 15 is 0 Å². The van der Waals surface area contributed by atoms with Gasteiger partial charge in [-0.15, -0.1) is 0 Å². The quantitative estimate of drug-likeness (QED) is 0.788. The van der Waals surface area contributed by atoms with Crippen molar-refractivity contribution < 1.29 is 9.59 Å². The molecule has 1 unspecified atom stereocenters. The van der Waals surface area contributed by atoms with Crippen LogP contribution in [0.1, 0.15) is 30.9 Å². The number of anilines is 1. The average Bonchev–Trinajstić information content (AvgIpc) is 2.95. The van der Waals surface area contributed by atoms with Crippen LogP contribution in [0.2, 0.25) is 0 Å². The Morgan fingerprint density at radius 2 is 2.05 bits per heavy atom. The summed E-state index contributed by atoms with van der Waals surface area (Å²) in [6.45, 7) is 3.57. The van der Waals surface area contributed by atoms with Crippen molar-refractivity contribution in [3.8, 4) is 0 Å². The van der Waals surface area contributed by atoms with Gasteiger partial charge in [-0.2, -0.15) is 0 Å². The van der Waals surface area contributed by atoms with Crippen LogP contribution >= 0.6 is 0 Å². The zero-order valence-corrected chi connectivity index (χ0v) is 12.3. The van der Waals surface area contributed by atoms with Gasteiger partial charge in [0.1, 0.15) is 6.04 Å². The van der Waals surface area contributed by atoms with Crippen LogP contribution in [0.4, 0.5) is 5.69 Å². The molecule has 0 saturated carbocycles. The van der Waals surface area contributed by atoms with Crippen molar-refractivity contribution in [3.63, 3.8) is 0 Å². The van der Waals surface area contributed by atoms with Crippen molar-refractivity contribution in [2.24, 2.45) is 0 Å². The van der Waals surface area contributed by atoms with Crippen LogP contribution in [0.25, 0.3) is 0 Å². The maximum atomic E-state index is 12.7. The Balaban J connectivity index is 1.75. The summed E-state index contributed by atoms with van der Waals surface area (Å²) in [5.74, 6) is 0.0845. The molecular formula is C16H21N3O2. The summed E-state index contributed by atoms with van der Waals surface area (Å²) in [4.78, 5) is 27.9. The molecule has 0 aliphatic carbocycles. The monoisotopic (exact) mass is 287 g/mol. The van der Waals surface area contributed by atoms with E-state index in [-0.39, 0.29) is 17.9 Å². The van der Waals surface area contributed by atoms with Gasteiger partial charge in [0, 0.05) is 32.2 Å². The van der Waals surface area contributed by atoms with Crippen molar-refractivity contribution in [2.45, 2.75) is 38.8 Å². The van der Waals surface area contributed by atoms with Gasteiger partial charge in [0.25, 0.3) is 0 Å². The number of carbonyl (C=O) groups excluding carboxylic acids is 2. The van der Waals surface area contributed by atoms with Crippen LogP contribution in [0.5, 0.6) is 0 Å². The highest BCUT2D eigenvalue weighted by Crippen LogP contribution is 2.25. The predicted molar refractivity (Wildman–Crippen MR) is 80.4 cm³/mol. The molecule has 0 aromatic heterocycles. The largest absolute Gasteiger partial charge is 0.399 e. The number of rotatable bonds is 1. The van der Waals surface area contributed by atoms with E-state index in [9.17, 15) is 9.59 Å². The Labute approximate surface area is 124 Å². The molecule has 0 bridgehead atoms. The van der Waals surface area contributed by atoms with Gasteiger partial charge < -0.3 is 15.5 Å². The molecule has 2 amide bonds. The van der Waals surface area contributed by atoms with E-state index in [0.29, 0.717) is 19.6 Å². The van der Waals surface area contributed by atoms with Crippen LogP contribution in [0.15, 0.2) is 18.2 Å². The molecule has 0 radical (unpaired) electrons. The fourth-order valence-electron chi connectivity index (χ4n) is 3.37. The second-order valence-electron chi connectivity index (χ2n) is 5.91. The van der Waals surface area contributed by atoms with E-state index in [1.54, 1.807) is 11.8 Å². The lowest BCUT2D eigenvalue weighted by Gasteiger charge is -2.33. The van der Waals surface area contributed by atoms with Crippen LogP contribution in [0, 0.1) is 0 Å². The minimum absolute atomic E-state index is 0.00367. The number of nitrogen functional groups attached to an aromatic ring is 1. The van der Waals surface area contributed by atoms with E-state index in [2.05, 4.69) is 0 Å². The van der Waals surface area contributed by atoms with Crippen molar-refractivity contribution in [1.82, 2.24) is 9.80 Å². The number of hydrogen-bond acceptors (Lipinski definition) is 3. The van der Waals surface area contributed by atoms with Crippen LogP contribution in [-0.2, 0) is 22.6 Å². The van der Waals surface area contributed by atoms with Gasteiger partial charge in [-0.1, -0.05) is 6.07 Å². The predicted octanol–water partition coefficient (Wildman–Crippen LogP) is 1.16. The average molecular weight is 287 g/mol. The molecule has 2 N–H and O–H groups in total. The molecule has 2 aliphatic heterocycles. The van der Waals surface area contributed by atoms with Crippen LogP contribution in [0.3, 0.4) is 0 Å². The fraction of sp³-hybridized carbons (Fsp3) is 0.500. The molecule has 21 heavy (non-hydrogen) atoms. The Hall–Kier alpha value is -2.04. The molecule has 5 heteroatoms. The number of nitrogens with zero attached hydrogens (tertiary/aromatic N) is 2. The summed E-state index contributed by atoms with van der Waals surface area (Å²) in [7, 11) is 0. The first-order chi connectivity index (χ1) is 10.1. The van der Waals surface area contributed by atoms with Gasteiger partial charge in [-0.05, 0) is 42.5 Å². The van der Waals surface area contributed by atoms with Crippen molar-refractivity contribution in [2.75, 3.05) is 18.8 Å². The van der Waals surface area contributed by atoms with E-state index in [0.717, 1.165) is 30.5 Å². The van der Waals surface area contributed by atoms with Gasteiger partial charge in [0.15, 0.2) is 0 Å². The summed E-state index contributed by atoms with van der Waals surface area (Å²) in [6, 6.07) is 5.61. The zero-order chi connectivity index (χ0) is 15.0. The second-order valence-corrected chi connectivity index (χ2v) is 5.91. The second kappa shape index (κ2) is 5.39. The Bertz CT molecular complexity index is 585. The molecule has 112 valence electrons. The van der Waals surface area contributed by atoms with Crippen molar-refractivity contribution in [3.05, 3.63) is 29.3 Å². The zero-order valence-electron chi connectivity index (χ0n) is 12.3. The minimum atomic E-state index is -0.266. The standard InChI is InChI=1S/C16H21N3O2/c1-11(20)19-7-2-3-15(19)16(21)18-8-6-12-9-14(17)5-4-13(12)10-18/h4-5,9,15H,2-3,6-8,10,17H2,1H3. The SMILES string of the molecule is CC(=O)N1CCCC1C(=O)N1CCc2cc(N)ccc2C1. The van der Waals surface area contributed by atoms with Gasteiger partial charge >= 0.3 is 0 Å². The molecular weight excluding hydrogens is 266 g/mol. The molecule has 1 fully saturated rings. The lowest BCUT2D eigenvalue weighted by molar-refractivity contribution is -0.143. The number of carbonyl (C=O) groups is 2.